The van der Waals surface area contributed by atoms with Crippen molar-refractivity contribution < 1.29 is 8.42 Å². The molecule has 0 atom stereocenters. The maximum absolute atomic E-state index is 12.6. The first-order chi connectivity index (χ1) is 14.3. The fourth-order valence-corrected chi connectivity index (χ4v) is 4.88. The van der Waals surface area contributed by atoms with E-state index in [1.54, 1.807) is 19.2 Å². The van der Waals surface area contributed by atoms with E-state index in [0.717, 1.165) is 44.0 Å². The van der Waals surface area contributed by atoms with Crippen LogP contribution in [0.15, 0.2) is 34.2 Å². The van der Waals surface area contributed by atoms with Crippen LogP contribution in [0.2, 0.25) is 0 Å². The summed E-state index contributed by atoms with van der Waals surface area (Å²) >= 11 is 0. The molecule has 0 spiro atoms. The Kier molecular flexibility index (Phi) is 9.58. The molecule has 1 aromatic rings. The average Bonchev–Trinajstić information content (AvgIpc) is 2.73. The van der Waals surface area contributed by atoms with Crippen LogP contribution in [0.5, 0.6) is 0 Å². The zero-order chi connectivity index (χ0) is 22.1. The van der Waals surface area contributed by atoms with Crippen molar-refractivity contribution in [1.82, 2.24) is 19.8 Å². The molecule has 0 bridgehead atoms. The Morgan fingerprint density at radius 1 is 1.20 bits per heavy atom. The van der Waals surface area contributed by atoms with Gasteiger partial charge in [0.2, 0.25) is 10.0 Å². The summed E-state index contributed by atoms with van der Waals surface area (Å²) in [6.45, 7) is 12.8. The van der Waals surface area contributed by atoms with Gasteiger partial charge in [0.25, 0.3) is 0 Å². The molecule has 1 saturated heterocycles. The SMILES string of the molecule is CCCN1CCC(NC(=NCc2ccc(S(=O)(=O)N(C)C(C)C)cc2)NCC)CC1. The van der Waals surface area contributed by atoms with Crippen LogP contribution >= 0.6 is 0 Å². The van der Waals surface area contributed by atoms with Crippen LogP contribution in [-0.4, -0.2) is 68.9 Å². The van der Waals surface area contributed by atoms with Crippen LogP contribution in [0, 0.1) is 0 Å². The molecule has 0 amide bonds. The standard InChI is InChI=1S/C22H39N5O2S/c1-6-14-27-15-12-20(13-16-27)25-22(23-7-2)24-17-19-8-10-21(11-9-19)30(28,29)26(5)18(3)4/h8-11,18,20H,6-7,12-17H2,1-5H3,(H2,23,24,25). The predicted octanol–water partition coefficient (Wildman–Crippen LogP) is 2.65. The lowest BCUT2D eigenvalue weighted by atomic mass is 10.1. The van der Waals surface area contributed by atoms with Crippen molar-refractivity contribution in [2.45, 2.75) is 70.5 Å². The summed E-state index contributed by atoms with van der Waals surface area (Å²) in [6.07, 6.45) is 3.46. The molecular formula is C22H39N5O2S. The topological polar surface area (TPSA) is 77.0 Å². The molecule has 7 nitrogen and oxygen atoms in total. The van der Waals surface area contributed by atoms with E-state index in [-0.39, 0.29) is 6.04 Å². The molecule has 1 fully saturated rings. The van der Waals surface area contributed by atoms with Crippen LogP contribution in [0.4, 0.5) is 0 Å². The molecule has 8 heteroatoms. The molecule has 0 saturated carbocycles. The van der Waals surface area contributed by atoms with Gasteiger partial charge in [0.05, 0.1) is 11.4 Å². The minimum absolute atomic E-state index is 0.0816. The molecule has 1 heterocycles. The van der Waals surface area contributed by atoms with Gasteiger partial charge in [-0.1, -0.05) is 19.1 Å². The lowest BCUT2D eigenvalue weighted by Crippen LogP contribution is -2.48. The van der Waals surface area contributed by atoms with Crippen molar-refractivity contribution in [2.75, 3.05) is 33.2 Å². The molecule has 0 unspecified atom stereocenters. The molecule has 1 aliphatic rings. The van der Waals surface area contributed by atoms with Gasteiger partial charge in [-0.05, 0) is 64.3 Å². The number of nitrogens with zero attached hydrogens (tertiary/aromatic N) is 3. The largest absolute Gasteiger partial charge is 0.357 e. The first-order valence-corrected chi connectivity index (χ1v) is 12.6. The smallest absolute Gasteiger partial charge is 0.243 e. The van der Waals surface area contributed by atoms with Gasteiger partial charge in [0.1, 0.15) is 0 Å². The lowest BCUT2D eigenvalue weighted by molar-refractivity contribution is 0.206. The number of rotatable bonds is 9. The summed E-state index contributed by atoms with van der Waals surface area (Å²) in [5, 5.41) is 6.88. The van der Waals surface area contributed by atoms with Crippen molar-refractivity contribution in [2.24, 2.45) is 4.99 Å². The van der Waals surface area contributed by atoms with Crippen LogP contribution in [0.1, 0.15) is 52.5 Å². The quantitative estimate of drug-likeness (QED) is 0.459. The van der Waals surface area contributed by atoms with Gasteiger partial charge in [-0.15, -0.1) is 0 Å². The molecular weight excluding hydrogens is 398 g/mol. The first kappa shape index (κ1) is 24.6. The maximum atomic E-state index is 12.6. The van der Waals surface area contributed by atoms with E-state index in [4.69, 9.17) is 4.99 Å². The molecule has 0 aliphatic carbocycles. The van der Waals surface area contributed by atoms with Crippen molar-refractivity contribution in [1.29, 1.82) is 0 Å². The van der Waals surface area contributed by atoms with E-state index in [1.807, 2.05) is 26.0 Å². The average molecular weight is 438 g/mol. The summed E-state index contributed by atoms with van der Waals surface area (Å²) in [6, 6.07) is 7.39. The zero-order valence-corrected chi connectivity index (χ0v) is 20.0. The fourth-order valence-electron chi connectivity index (χ4n) is 3.51. The highest BCUT2D eigenvalue weighted by atomic mass is 32.2. The summed E-state index contributed by atoms with van der Waals surface area (Å²) in [5.74, 6) is 0.822. The molecule has 2 N–H and O–H groups in total. The Balaban J connectivity index is 1.98. The number of sulfonamides is 1. The summed E-state index contributed by atoms with van der Waals surface area (Å²) in [4.78, 5) is 7.55. The number of hydrogen-bond donors (Lipinski definition) is 2. The number of likely N-dealkylation sites (tertiary alicyclic amines) is 1. The summed E-state index contributed by atoms with van der Waals surface area (Å²) in [5.41, 5.74) is 0.983. The second kappa shape index (κ2) is 11.7. The number of benzene rings is 1. The van der Waals surface area contributed by atoms with E-state index in [2.05, 4.69) is 29.4 Å². The van der Waals surface area contributed by atoms with Crippen molar-refractivity contribution >= 4 is 16.0 Å². The Morgan fingerprint density at radius 2 is 1.83 bits per heavy atom. The number of hydrogen-bond acceptors (Lipinski definition) is 4. The second-order valence-corrected chi connectivity index (χ2v) is 10.2. The lowest BCUT2D eigenvalue weighted by Gasteiger charge is -2.32. The van der Waals surface area contributed by atoms with Gasteiger partial charge >= 0.3 is 0 Å². The first-order valence-electron chi connectivity index (χ1n) is 11.1. The predicted molar refractivity (Wildman–Crippen MR) is 124 cm³/mol. The highest BCUT2D eigenvalue weighted by Gasteiger charge is 2.23. The fraction of sp³-hybridized carbons (Fsp3) is 0.682. The minimum atomic E-state index is -3.45. The van der Waals surface area contributed by atoms with E-state index >= 15 is 0 Å². The number of piperidine rings is 1. The van der Waals surface area contributed by atoms with Gasteiger partial charge in [-0.25, -0.2) is 13.4 Å². The van der Waals surface area contributed by atoms with E-state index in [0.29, 0.717) is 17.5 Å². The second-order valence-electron chi connectivity index (χ2n) is 8.21. The maximum Gasteiger partial charge on any atom is 0.243 e. The Morgan fingerprint density at radius 3 is 2.37 bits per heavy atom. The molecule has 1 aliphatic heterocycles. The van der Waals surface area contributed by atoms with Crippen molar-refractivity contribution in [3.05, 3.63) is 29.8 Å². The van der Waals surface area contributed by atoms with Gasteiger partial charge in [0, 0.05) is 38.8 Å². The van der Waals surface area contributed by atoms with E-state index in [9.17, 15) is 8.42 Å². The van der Waals surface area contributed by atoms with Crippen molar-refractivity contribution in [3.8, 4) is 0 Å². The highest BCUT2D eigenvalue weighted by molar-refractivity contribution is 7.89. The van der Waals surface area contributed by atoms with Gasteiger partial charge < -0.3 is 15.5 Å². The third-order valence-corrected chi connectivity index (χ3v) is 7.61. The van der Waals surface area contributed by atoms with Crippen LogP contribution in [0.3, 0.4) is 0 Å². The third kappa shape index (κ3) is 6.96. The molecule has 0 aromatic heterocycles. The third-order valence-electron chi connectivity index (χ3n) is 5.56. The highest BCUT2D eigenvalue weighted by Crippen LogP contribution is 2.17. The minimum Gasteiger partial charge on any atom is -0.357 e. The van der Waals surface area contributed by atoms with Gasteiger partial charge in [0.15, 0.2) is 5.96 Å². The molecule has 170 valence electrons. The Hall–Kier alpha value is -1.64. The van der Waals surface area contributed by atoms with Crippen LogP contribution in [0.25, 0.3) is 0 Å². The molecule has 0 radical (unpaired) electrons. The zero-order valence-electron chi connectivity index (χ0n) is 19.2. The molecule has 1 aromatic carbocycles. The normalized spacial score (nSPS) is 17.0. The number of nitrogens with one attached hydrogen (secondary N) is 2. The van der Waals surface area contributed by atoms with Crippen LogP contribution in [-0.2, 0) is 16.6 Å². The van der Waals surface area contributed by atoms with E-state index < -0.39 is 10.0 Å². The van der Waals surface area contributed by atoms with Gasteiger partial charge in [-0.2, -0.15) is 4.31 Å². The summed E-state index contributed by atoms with van der Waals surface area (Å²) < 4.78 is 26.6. The monoisotopic (exact) mass is 437 g/mol. The molecule has 2 rings (SSSR count). The summed E-state index contributed by atoms with van der Waals surface area (Å²) in [7, 11) is -1.84. The van der Waals surface area contributed by atoms with Crippen molar-refractivity contribution in [3.63, 3.8) is 0 Å². The number of aliphatic imine (C=N–C) groups is 1. The molecule has 30 heavy (non-hydrogen) atoms. The number of guanidine groups is 1. The Bertz CT molecular complexity index is 769. The van der Waals surface area contributed by atoms with Gasteiger partial charge in [-0.3, -0.25) is 0 Å². The van der Waals surface area contributed by atoms with E-state index in [1.165, 1.54) is 17.3 Å². The van der Waals surface area contributed by atoms with Crippen LogP contribution < -0.4 is 10.6 Å². The Labute approximate surface area is 183 Å².